The number of aryl methyl sites for hydroxylation is 1. The highest BCUT2D eigenvalue weighted by Crippen LogP contribution is 2.50. The maximum absolute atomic E-state index is 6.13. The molecule has 4 aromatic rings. The van der Waals surface area contributed by atoms with Gasteiger partial charge in [0.2, 0.25) is 0 Å². The molecule has 0 radical (unpaired) electrons. The first-order valence-corrected chi connectivity index (χ1v) is 15.3. The number of hydrogen-bond acceptors (Lipinski definition) is 4. The van der Waals surface area contributed by atoms with Gasteiger partial charge in [-0.05, 0) is 107 Å². The molecule has 6 heteroatoms. The molecule has 1 N–H and O–H groups in total. The Bertz CT molecular complexity index is 1580. The summed E-state index contributed by atoms with van der Waals surface area (Å²) in [5.74, 6) is 2.43. The van der Waals surface area contributed by atoms with E-state index in [4.69, 9.17) is 14.5 Å². The van der Waals surface area contributed by atoms with Crippen LogP contribution in [0.4, 0.5) is 11.4 Å². The maximum atomic E-state index is 6.13. The molecule has 0 spiro atoms. The molecule has 3 atom stereocenters. The normalized spacial score (nSPS) is 19.2. The zero-order valence-corrected chi connectivity index (χ0v) is 26.1. The number of aliphatic imine (C=N–C) groups is 1. The van der Waals surface area contributed by atoms with Crippen molar-refractivity contribution in [3.8, 4) is 11.5 Å². The van der Waals surface area contributed by atoms with Crippen LogP contribution in [0.5, 0.6) is 11.5 Å². The summed E-state index contributed by atoms with van der Waals surface area (Å²) in [4.78, 5) is 4.76. The van der Waals surface area contributed by atoms with E-state index in [1.165, 1.54) is 22.4 Å². The van der Waals surface area contributed by atoms with E-state index in [0.717, 1.165) is 37.0 Å². The lowest BCUT2D eigenvalue weighted by atomic mass is 9.76. The largest absolute Gasteiger partial charge is 0.493 e. The molecule has 4 nitrogen and oxygen atoms in total. The quantitative estimate of drug-likeness (QED) is 0.118. The van der Waals surface area contributed by atoms with Gasteiger partial charge in [-0.3, -0.25) is 4.99 Å². The molecule has 1 heterocycles. The zero-order chi connectivity index (χ0) is 27.6. The fraction of sp³-hybridized carbons (Fsp3) is 0.206. The van der Waals surface area contributed by atoms with Crippen molar-refractivity contribution in [1.82, 2.24) is 0 Å². The van der Waals surface area contributed by atoms with Crippen molar-refractivity contribution in [2.45, 2.75) is 31.9 Å². The van der Waals surface area contributed by atoms with Crippen LogP contribution < -0.4 is 14.8 Å². The van der Waals surface area contributed by atoms with E-state index in [1.54, 1.807) is 7.11 Å². The number of benzene rings is 4. The summed E-state index contributed by atoms with van der Waals surface area (Å²) in [5, 5.41) is 3.83. The number of methoxy groups -OCH3 is 1. The molecular weight excluding hydrogens is 675 g/mol. The van der Waals surface area contributed by atoms with E-state index in [9.17, 15) is 0 Å². The lowest BCUT2D eigenvalue weighted by molar-refractivity contribution is 0.282. The Balaban J connectivity index is 1.16. The number of ether oxygens (including phenoxy) is 2. The van der Waals surface area contributed by atoms with E-state index in [1.807, 2.05) is 36.5 Å². The highest BCUT2D eigenvalue weighted by molar-refractivity contribution is 14.1. The van der Waals surface area contributed by atoms with Crippen LogP contribution in [-0.4, -0.2) is 13.3 Å². The third kappa shape index (κ3) is 5.70. The summed E-state index contributed by atoms with van der Waals surface area (Å²) in [6, 6.07) is 27.8. The van der Waals surface area contributed by atoms with Gasteiger partial charge in [-0.25, -0.2) is 0 Å². The van der Waals surface area contributed by atoms with Gasteiger partial charge in [0.1, 0.15) is 6.61 Å². The Morgan fingerprint density at radius 2 is 1.82 bits per heavy atom. The molecule has 0 amide bonds. The van der Waals surface area contributed by atoms with Crippen molar-refractivity contribution < 1.29 is 9.47 Å². The van der Waals surface area contributed by atoms with E-state index >= 15 is 0 Å². The van der Waals surface area contributed by atoms with Crippen LogP contribution in [0.2, 0.25) is 0 Å². The van der Waals surface area contributed by atoms with Gasteiger partial charge in [0.15, 0.2) is 11.5 Å². The SMILES string of the molecule is COc1cc(C=Nc2ccc([C@@H]3Nc4ccc(C)cc4[C@@H]4C=CC[C@H]43)cc2)cc(I)c1OCc1ccc(Br)cc1. The van der Waals surface area contributed by atoms with Crippen LogP contribution in [0.25, 0.3) is 0 Å². The van der Waals surface area contributed by atoms with Crippen molar-refractivity contribution in [3.05, 3.63) is 127 Å². The van der Waals surface area contributed by atoms with Gasteiger partial charge in [-0.2, -0.15) is 0 Å². The minimum Gasteiger partial charge on any atom is -0.493 e. The molecule has 1 aliphatic carbocycles. The zero-order valence-electron chi connectivity index (χ0n) is 22.4. The van der Waals surface area contributed by atoms with E-state index in [2.05, 4.69) is 111 Å². The smallest absolute Gasteiger partial charge is 0.174 e. The summed E-state index contributed by atoms with van der Waals surface area (Å²) in [6.45, 7) is 2.64. The number of allylic oxidation sites excluding steroid dienone is 2. The van der Waals surface area contributed by atoms with Crippen LogP contribution >= 0.6 is 38.5 Å². The number of halogens is 2. The minimum atomic E-state index is 0.282. The molecule has 0 aromatic heterocycles. The van der Waals surface area contributed by atoms with Crippen LogP contribution in [0.1, 0.15) is 46.2 Å². The third-order valence-corrected chi connectivity index (χ3v) is 9.01. The first-order valence-electron chi connectivity index (χ1n) is 13.4. The summed E-state index contributed by atoms with van der Waals surface area (Å²) in [7, 11) is 1.67. The molecule has 1 aliphatic heterocycles. The lowest BCUT2D eigenvalue weighted by Crippen LogP contribution is -2.29. The molecule has 0 fully saturated rings. The van der Waals surface area contributed by atoms with Crippen LogP contribution in [0.15, 0.2) is 100 Å². The predicted octanol–water partition coefficient (Wildman–Crippen LogP) is 9.53. The molecule has 0 bridgehead atoms. The molecule has 4 aromatic carbocycles. The van der Waals surface area contributed by atoms with Gasteiger partial charge in [0.25, 0.3) is 0 Å². The monoisotopic (exact) mass is 704 g/mol. The Kier molecular flexibility index (Phi) is 7.98. The molecule has 202 valence electrons. The molecule has 0 saturated carbocycles. The minimum absolute atomic E-state index is 0.282. The molecule has 40 heavy (non-hydrogen) atoms. The number of hydrogen-bond donors (Lipinski definition) is 1. The Hall–Kier alpha value is -3.10. The first-order chi connectivity index (χ1) is 19.5. The average molecular weight is 705 g/mol. The van der Waals surface area contributed by atoms with E-state index in [-0.39, 0.29) is 6.04 Å². The fourth-order valence-electron chi connectivity index (χ4n) is 5.65. The lowest BCUT2D eigenvalue weighted by Gasteiger charge is -2.37. The van der Waals surface area contributed by atoms with Gasteiger partial charge in [0.05, 0.1) is 22.4 Å². The third-order valence-electron chi connectivity index (χ3n) is 7.68. The number of fused-ring (bicyclic) bond motifs is 3. The van der Waals surface area contributed by atoms with Crippen molar-refractivity contribution >= 4 is 56.1 Å². The summed E-state index contributed by atoms with van der Waals surface area (Å²) in [5.41, 5.74) is 8.26. The first kappa shape index (κ1) is 27.1. The van der Waals surface area contributed by atoms with Crippen molar-refractivity contribution in [2.24, 2.45) is 10.9 Å². The van der Waals surface area contributed by atoms with E-state index < -0.39 is 0 Å². The van der Waals surface area contributed by atoms with E-state index in [0.29, 0.717) is 24.2 Å². The number of anilines is 1. The Morgan fingerprint density at radius 1 is 1.02 bits per heavy atom. The standard InChI is InChI=1S/C34H30BrIN2O2/c1-21-6-15-31-29(16-21)27-4-3-5-28(27)33(38-31)24-9-13-26(14-10-24)37-19-23-17-30(36)34(32(18-23)39-2)40-20-22-7-11-25(35)12-8-22/h3-4,6-19,27-28,33,38H,5,20H2,1-2H3/t27-,28-,33+/m1/s1. The second-order valence-electron chi connectivity index (χ2n) is 10.4. The predicted molar refractivity (Wildman–Crippen MR) is 175 cm³/mol. The second-order valence-corrected chi connectivity index (χ2v) is 12.4. The van der Waals surface area contributed by atoms with Crippen LogP contribution in [0.3, 0.4) is 0 Å². The Labute approximate surface area is 257 Å². The maximum Gasteiger partial charge on any atom is 0.174 e. The van der Waals surface area contributed by atoms with Gasteiger partial charge < -0.3 is 14.8 Å². The topological polar surface area (TPSA) is 42.8 Å². The van der Waals surface area contributed by atoms with Gasteiger partial charge in [-0.15, -0.1) is 0 Å². The molecular formula is C34H30BrIN2O2. The number of nitrogens with zero attached hydrogens (tertiary/aromatic N) is 1. The molecule has 6 rings (SSSR count). The number of nitrogens with one attached hydrogen (secondary N) is 1. The van der Waals surface area contributed by atoms with Crippen molar-refractivity contribution in [2.75, 3.05) is 12.4 Å². The fourth-order valence-corrected chi connectivity index (χ4v) is 6.70. The molecule has 0 unspecified atom stereocenters. The van der Waals surface area contributed by atoms with Gasteiger partial charge in [0, 0.05) is 22.3 Å². The van der Waals surface area contributed by atoms with Crippen LogP contribution in [0, 0.1) is 16.4 Å². The van der Waals surface area contributed by atoms with Gasteiger partial charge in [-0.1, -0.05) is 70.0 Å². The second kappa shape index (κ2) is 11.8. The van der Waals surface area contributed by atoms with Crippen LogP contribution in [-0.2, 0) is 6.61 Å². The summed E-state index contributed by atoms with van der Waals surface area (Å²) < 4.78 is 13.8. The highest BCUT2D eigenvalue weighted by atomic mass is 127. The molecule has 2 aliphatic rings. The number of rotatable bonds is 7. The highest BCUT2D eigenvalue weighted by Gasteiger charge is 2.37. The van der Waals surface area contributed by atoms with Crippen molar-refractivity contribution in [3.63, 3.8) is 0 Å². The summed E-state index contributed by atoms with van der Waals surface area (Å²) in [6.07, 6.45) is 7.71. The van der Waals surface area contributed by atoms with Gasteiger partial charge >= 0.3 is 0 Å². The van der Waals surface area contributed by atoms with Crippen molar-refractivity contribution in [1.29, 1.82) is 0 Å². The Morgan fingerprint density at radius 3 is 2.60 bits per heavy atom. The molecule has 0 saturated heterocycles. The average Bonchev–Trinajstić information content (AvgIpc) is 3.47. The summed E-state index contributed by atoms with van der Waals surface area (Å²) >= 11 is 5.77.